The third-order valence-corrected chi connectivity index (χ3v) is 9.51. The molecule has 0 saturated heterocycles. The van der Waals surface area contributed by atoms with Crippen LogP contribution < -0.4 is 20.0 Å². The van der Waals surface area contributed by atoms with Gasteiger partial charge in [-0.2, -0.15) is 0 Å². The molecule has 5 rings (SSSR count). The maximum absolute atomic E-state index is 7.11. The first-order valence-electron chi connectivity index (χ1n) is 10.2. The lowest BCUT2D eigenvalue weighted by Crippen LogP contribution is -2.71. The molecule has 0 aliphatic heterocycles. The van der Waals surface area contributed by atoms with Crippen LogP contribution in [0.5, 0.6) is 5.75 Å². The molecule has 0 aliphatic rings. The lowest BCUT2D eigenvalue weighted by Gasteiger charge is -2.33. The fourth-order valence-corrected chi connectivity index (χ4v) is 7.92. The molecule has 0 saturated carbocycles. The molecule has 0 heterocycles. The molecule has 1 nitrogen and oxygen atoms in total. The van der Waals surface area contributed by atoms with E-state index in [4.69, 9.17) is 4.43 Å². The summed E-state index contributed by atoms with van der Waals surface area (Å²) >= 11 is 0. The van der Waals surface area contributed by atoms with Crippen molar-refractivity contribution in [3.05, 3.63) is 133 Å². The summed E-state index contributed by atoms with van der Waals surface area (Å²) in [6.45, 7) is 0. The lowest BCUT2D eigenvalue weighted by atomic mass is 10.1. The number of fused-ring (bicyclic) bond motifs is 1. The average molecular weight is 403 g/mol. The predicted molar refractivity (Wildman–Crippen MR) is 129 cm³/mol. The number of hydrogen-bond acceptors (Lipinski definition) is 1. The van der Waals surface area contributed by atoms with Crippen molar-refractivity contribution in [1.82, 2.24) is 0 Å². The Morgan fingerprint density at radius 2 is 0.833 bits per heavy atom. The quantitative estimate of drug-likeness (QED) is 0.301. The highest BCUT2D eigenvalue weighted by Gasteiger charge is 2.43. The first-order chi connectivity index (χ1) is 14.9. The second-order valence-corrected chi connectivity index (χ2v) is 10.7. The normalized spacial score (nSPS) is 11.3. The van der Waals surface area contributed by atoms with Crippen LogP contribution in [0.4, 0.5) is 0 Å². The minimum atomic E-state index is -2.75. The molecule has 0 fully saturated rings. The SMILES string of the molecule is c1ccc([Si](Oc2ccc3ccccc3c2)(c2ccccc2)c2ccccc2)cc1. The van der Waals surface area contributed by atoms with Crippen LogP contribution in [0.1, 0.15) is 0 Å². The number of hydrogen-bond donors (Lipinski definition) is 0. The smallest absolute Gasteiger partial charge is 0.346 e. The third-order valence-electron chi connectivity index (χ3n) is 5.53. The first-order valence-corrected chi connectivity index (χ1v) is 12.1. The lowest BCUT2D eigenvalue weighted by molar-refractivity contribution is 0.578. The summed E-state index contributed by atoms with van der Waals surface area (Å²) in [5.74, 6) is 0.900. The van der Waals surface area contributed by atoms with Crippen molar-refractivity contribution in [2.24, 2.45) is 0 Å². The predicted octanol–water partition coefficient (Wildman–Crippen LogP) is 4.89. The van der Waals surface area contributed by atoms with Crippen molar-refractivity contribution in [1.29, 1.82) is 0 Å². The van der Waals surface area contributed by atoms with Gasteiger partial charge in [-0.25, -0.2) is 0 Å². The Morgan fingerprint density at radius 1 is 0.400 bits per heavy atom. The summed E-state index contributed by atoms with van der Waals surface area (Å²) in [5, 5.41) is 6.10. The highest BCUT2D eigenvalue weighted by atomic mass is 28.4. The Labute approximate surface area is 178 Å². The topological polar surface area (TPSA) is 9.23 Å². The van der Waals surface area contributed by atoms with Crippen molar-refractivity contribution in [3.63, 3.8) is 0 Å². The summed E-state index contributed by atoms with van der Waals surface area (Å²) < 4.78 is 7.11. The first kappa shape index (κ1) is 18.4. The maximum Gasteiger partial charge on any atom is 0.346 e. The van der Waals surface area contributed by atoms with E-state index in [1.54, 1.807) is 0 Å². The van der Waals surface area contributed by atoms with Crippen LogP contribution >= 0.6 is 0 Å². The Kier molecular flexibility index (Phi) is 4.92. The Balaban J connectivity index is 1.76. The standard InChI is InChI=1S/C28H22OSi/c1-4-14-26(15-5-1)30(27-16-6-2-7-17-27,28-18-8-3-9-19-28)29-25-21-20-23-12-10-11-13-24(23)22-25/h1-22H. The minimum absolute atomic E-state index is 0.900. The molecule has 0 atom stereocenters. The van der Waals surface area contributed by atoms with E-state index in [0.717, 1.165) is 5.75 Å². The molecule has 144 valence electrons. The van der Waals surface area contributed by atoms with Gasteiger partial charge in [0.2, 0.25) is 0 Å². The van der Waals surface area contributed by atoms with Gasteiger partial charge in [-0.15, -0.1) is 0 Å². The van der Waals surface area contributed by atoms with Gasteiger partial charge in [0.15, 0.2) is 0 Å². The van der Waals surface area contributed by atoms with Crippen molar-refractivity contribution in [3.8, 4) is 5.75 Å². The molecule has 0 aromatic heterocycles. The second kappa shape index (κ2) is 8.01. The van der Waals surface area contributed by atoms with Crippen LogP contribution in [0.3, 0.4) is 0 Å². The van der Waals surface area contributed by atoms with Gasteiger partial charge < -0.3 is 4.43 Å². The largest absolute Gasteiger partial charge is 0.530 e. The van der Waals surface area contributed by atoms with E-state index in [1.807, 2.05) is 0 Å². The molecule has 30 heavy (non-hydrogen) atoms. The van der Waals surface area contributed by atoms with E-state index < -0.39 is 8.32 Å². The van der Waals surface area contributed by atoms with Gasteiger partial charge in [0, 0.05) is 0 Å². The molecule has 5 aromatic carbocycles. The summed E-state index contributed by atoms with van der Waals surface area (Å²) in [6.07, 6.45) is 0. The molecular formula is C28H22OSi. The van der Waals surface area contributed by atoms with Gasteiger partial charge in [-0.05, 0) is 38.5 Å². The average Bonchev–Trinajstić information content (AvgIpc) is 2.84. The van der Waals surface area contributed by atoms with E-state index in [0.29, 0.717) is 0 Å². The molecule has 0 bridgehead atoms. The zero-order valence-electron chi connectivity index (χ0n) is 16.6. The highest BCUT2D eigenvalue weighted by Crippen LogP contribution is 2.23. The maximum atomic E-state index is 7.11. The Morgan fingerprint density at radius 3 is 1.33 bits per heavy atom. The van der Waals surface area contributed by atoms with Gasteiger partial charge in [0.1, 0.15) is 5.75 Å². The zero-order chi connectivity index (χ0) is 20.2. The van der Waals surface area contributed by atoms with Crippen LogP contribution in [-0.2, 0) is 0 Å². The summed E-state index contributed by atoms with van der Waals surface area (Å²) in [7, 11) is -2.75. The second-order valence-electron chi connectivity index (χ2n) is 7.39. The van der Waals surface area contributed by atoms with Crippen LogP contribution in [0, 0.1) is 0 Å². The molecule has 0 spiro atoms. The van der Waals surface area contributed by atoms with Crippen LogP contribution in [0.15, 0.2) is 133 Å². The summed E-state index contributed by atoms with van der Waals surface area (Å²) in [5.41, 5.74) is 0. The summed E-state index contributed by atoms with van der Waals surface area (Å²) in [4.78, 5) is 0. The third kappa shape index (κ3) is 3.32. The van der Waals surface area contributed by atoms with Gasteiger partial charge >= 0.3 is 8.32 Å². The minimum Gasteiger partial charge on any atom is -0.530 e. The number of benzene rings is 5. The van der Waals surface area contributed by atoms with Gasteiger partial charge in [0.25, 0.3) is 0 Å². The van der Waals surface area contributed by atoms with Crippen LogP contribution in [-0.4, -0.2) is 8.32 Å². The molecule has 0 aliphatic carbocycles. The monoisotopic (exact) mass is 402 g/mol. The van der Waals surface area contributed by atoms with Gasteiger partial charge in [-0.3, -0.25) is 0 Å². The van der Waals surface area contributed by atoms with E-state index in [-0.39, 0.29) is 0 Å². The number of rotatable bonds is 5. The van der Waals surface area contributed by atoms with E-state index in [1.165, 1.54) is 26.3 Å². The molecule has 0 amide bonds. The van der Waals surface area contributed by atoms with E-state index in [9.17, 15) is 0 Å². The van der Waals surface area contributed by atoms with Crippen molar-refractivity contribution in [2.75, 3.05) is 0 Å². The van der Waals surface area contributed by atoms with Crippen molar-refractivity contribution in [2.45, 2.75) is 0 Å². The van der Waals surface area contributed by atoms with E-state index in [2.05, 4.69) is 133 Å². The molecule has 0 radical (unpaired) electrons. The fourth-order valence-electron chi connectivity index (χ4n) is 4.10. The molecule has 5 aromatic rings. The molecular weight excluding hydrogens is 380 g/mol. The zero-order valence-corrected chi connectivity index (χ0v) is 17.6. The van der Waals surface area contributed by atoms with E-state index >= 15 is 0 Å². The highest BCUT2D eigenvalue weighted by molar-refractivity contribution is 7.07. The Bertz CT molecular complexity index is 1150. The molecule has 2 heteroatoms. The van der Waals surface area contributed by atoms with Gasteiger partial charge in [-0.1, -0.05) is 121 Å². The van der Waals surface area contributed by atoms with Crippen molar-refractivity contribution < 1.29 is 4.43 Å². The molecule has 0 unspecified atom stereocenters. The Hall–Kier alpha value is -3.62. The van der Waals surface area contributed by atoms with Crippen LogP contribution in [0.2, 0.25) is 0 Å². The summed E-state index contributed by atoms with van der Waals surface area (Å²) in [6, 6.07) is 46.8. The van der Waals surface area contributed by atoms with Crippen molar-refractivity contribution >= 4 is 34.7 Å². The molecule has 0 N–H and O–H groups in total. The van der Waals surface area contributed by atoms with Gasteiger partial charge in [0.05, 0.1) is 0 Å². The fraction of sp³-hybridized carbons (Fsp3) is 0. The van der Waals surface area contributed by atoms with Crippen LogP contribution in [0.25, 0.3) is 10.8 Å².